The minimum atomic E-state index is -0.619. The second-order valence-corrected chi connectivity index (χ2v) is 13.7. The van der Waals surface area contributed by atoms with Gasteiger partial charge in [-0.15, -0.1) is 0 Å². The van der Waals surface area contributed by atoms with Crippen LogP contribution in [0.3, 0.4) is 0 Å². The van der Waals surface area contributed by atoms with Crippen molar-refractivity contribution < 1.29 is 35.8 Å². The third kappa shape index (κ3) is 23.6. The molecule has 0 bridgehead atoms. The Labute approximate surface area is 310 Å². The molecule has 1 aromatic rings. The van der Waals surface area contributed by atoms with Gasteiger partial charge in [0.2, 0.25) is 5.91 Å². The predicted octanol–water partition coefficient (Wildman–Crippen LogP) is 6.24. The van der Waals surface area contributed by atoms with E-state index >= 15 is 0 Å². The Kier molecular flexibility index (Phi) is 30.2. The molecule has 0 fully saturated rings. The number of unbranched alkanes of at least 4 members (excludes halogenated alkanes) is 13. The lowest BCUT2D eigenvalue weighted by atomic mass is 10.1. The minimum absolute atomic E-state index is 0. The van der Waals surface area contributed by atoms with Crippen LogP contribution in [0.2, 0.25) is 0 Å². The molecule has 9 heteroatoms. The topological polar surface area (TPSA) is 79.5 Å². The van der Waals surface area contributed by atoms with Gasteiger partial charge in [-0.1, -0.05) is 114 Å². The van der Waals surface area contributed by atoms with Gasteiger partial charge in [0, 0.05) is 13.1 Å². The number of carbonyl (C=O) groups excluding carboxylic acids is 2. The van der Waals surface area contributed by atoms with Crippen molar-refractivity contribution in [3.05, 3.63) is 35.9 Å². The van der Waals surface area contributed by atoms with Crippen molar-refractivity contribution in [1.29, 1.82) is 0 Å². The monoisotopic (exact) mass is 754 g/mol. The molecule has 2 amide bonds. The highest BCUT2D eigenvalue weighted by atomic mass is 79.9. The predicted molar refractivity (Wildman–Crippen MR) is 203 cm³/mol. The number of thiocarbonyl (C=S) groups is 1. The standard InChI is InChI=1S/C39H70N4O3S.BrH/c1-5-9-10-11-12-13-14-15-16-17-22-30-37(47)40-31-25-23-29-36(42-39(45)46-34-35-27-20-18-21-28-35)38(44)41-32-24-19-26-33-43(6-2,7-3)8-4;/h18,20-21,27-28,36H,5-17,19,22-26,29-34H2,1-4H3,(H2-,40,41,42,44,45,47);1H/t36-;/m0./s1. The molecule has 1 rings (SSSR count). The molecule has 0 unspecified atom stereocenters. The molecule has 1 atom stereocenters. The van der Waals surface area contributed by atoms with Gasteiger partial charge in [-0.25, -0.2) is 4.79 Å². The first kappa shape index (κ1) is 46.3. The lowest BCUT2D eigenvalue weighted by molar-refractivity contribution is -0.923. The molecule has 0 aliphatic heterocycles. The first-order valence-electron chi connectivity index (χ1n) is 19.3. The zero-order chi connectivity index (χ0) is 34.4. The summed E-state index contributed by atoms with van der Waals surface area (Å²) < 4.78 is 6.57. The van der Waals surface area contributed by atoms with Crippen molar-refractivity contribution in [2.75, 3.05) is 39.3 Å². The molecule has 0 heterocycles. The number of amides is 2. The van der Waals surface area contributed by atoms with Gasteiger partial charge in [0.15, 0.2) is 0 Å². The van der Waals surface area contributed by atoms with Crippen molar-refractivity contribution in [1.82, 2.24) is 16.0 Å². The maximum atomic E-state index is 13.1. The summed E-state index contributed by atoms with van der Waals surface area (Å²) in [5.41, 5.74) is 0.913. The lowest BCUT2D eigenvalue weighted by Gasteiger charge is -2.35. The highest BCUT2D eigenvalue weighted by Gasteiger charge is 2.22. The Morgan fingerprint density at radius 3 is 1.85 bits per heavy atom. The first-order valence-corrected chi connectivity index (χ1v) is 19.7. The number of alkyl carbamates (subject to hydrolysis) is 1. The zero-order valence-corrected chi connectivity index (χ0v) is 33.5. The Morgan fingerprint density at radius 2 is 1.25 bits per heavy atom. The Bertz CT molecular complexity index is 925. The van der Waals surface area contributed by atoms with E-state index in [0.717, 1.165) is 86.2 Å². The maximum Gasteiger partial charge on any atom is 0.408 e. The van der Waals surface area contributed by atoms with Crippen LogP contribution < -0.4 is 32.9 Å². The number of carbonyl (C=O) groups is 2. The van der Waals surface area contributed by atoms with Crippen LogP contribution in [0.1, 0.15) is 149 Å². The number of benzene rings is 1. The van der Waals surface area contributed by atoms with Gasteiger partial charge in [-0.3, -0.25) is 4.79 Å². The van der Waals surface area contributed by atoms with Crippen LogP contribution in [0.15, 0.2) is 30.3 Å². The van der Waals surface area contributed by atoms with Crippen LogP contribution in [-0.2, 0) is 16.1 Å². The number of hydrogen-bond acceptors (Lipinski definition) is 4. The van der Waals surface area contributed by atoms with E-state index in [4.69, 9.17) is 17.0 Å². The molecule has 0 radical (unpaired) electrons. The number of halogens is 1. The first-order chi connectivity index (χ1) is 22.9. The van der Waals surface area contributed by atoms with Crippen molar-refractivity contribution in [2.24, 2.45) is 0 Å². The van der Waals surface area contributed by atoms with E-state index in [9.17, 15) is 9.59 Å². The van der Waals surface area contributed by atoms with E-state index in [1.54, 1.807) is 0 Å². The Morgan fingerprint density at radius 1 is 0.708 bits per heavy atom. The average Bonchev–Trinajstić information content (AvgIpc) is 3.09. The van der Waals surface area contributed by atoms with Crippen LogP contribution in [0.25, 0.3) is 0 Å². The van der Waals surface area contributed by atoms with Gasteiger partial charge in [-0.2, -0.15) is 0 Å². The van der Waals surface area contributed by atoms with Crippen LogP contribution in [0.5, 0.6) is 0 Å². The average molecular weight is 756 g/mol. The van der Waals surface area contributed by atoms with Gasteiger partial charge >= 0.3 is 6.09 Å². The zero-order valence-electron chi connectivity index (χ0n) is 31.1. The molecule has 1 aromatic carbocycles. The summed E-state index contributed by atoms with van der Waals surface area (Å²) in [7, 11) is 0. The quantitative estimate of drug-likeness (QED) is 0.0493. The summed E-state index contributed by atoms with van der Waals surface area (Å²) in [6, 6.07) is 8.96. The number of nitrogens with zero attached hydrogens (tertiary/aromatic N) is 1. The molecule has 0 saturated heterocycles. The number of quaternary nitrogens is 1. The van der Waals surface area contributed by atoms with Crippen LogP contribution in [0.4, 0.5) is 4.79 Å². The molecule has 0 saturated carbocycles. The second kappa shape index (κ2) is 31.3. The molecule has 0 aliphatic carbocycles. The molecule has 278 valence electrons. The molecule has 0 spiro atoms. The number of rotatable bonds is 30. The molecule has 48 heavy (non-hydrogen) atoms. The van der Waals surface area contributed by atoms with Crippen molar-refractivity contribution in [2.45, 2.75) is 156 Å². The fourth-order valence-electron chi connectivity index (χ4n) is 6.14. The van der Waals surface area contributed by atoms with Crippen LogP contribution >= 0.6 is 12.2 Å². The van der Waals surface area contributed by atoms with Crippen molar-refractivity contribution in [3.8, 4) is 0 Å². The second-order valence-electron chi connectivity index (χ2n) is 13.3. The third-order valence-electron chi connectivity index (χ3n) is 9.69. The molecule has 7 nitrogen and oxygen atoms in total. The van der Waals surface area contributed by atoms with Crippen LogP contribution in [0, 0.1) is 0 Å². The fraction of sp³-hybridized carbons (Fsp3) is 0.769. The Balaban J connectivity index is 0.0000221. The minimum Gasteiger partial charge on any atom is -1.00 e. The van der Waals surface area contributed by atoms with Crippen molar-refractivity contribution in [3.63, 3.8) is 0 Å². The molecular weight excluding hydrogens is 684 g/mol. The highest BCUT2D eigenvalue weighted by molar-refractivity contribution is 7.80. The molecule has 0 aromatic heterocycles. The van der Waals surface area contributed by atoms with Gasteiger partial charge in [0.1, 0.15) is 12.6 Å². The van der Waals surface area contributed by atoms with E-state index < -0.39 is 12.1 Å². The lowest BCUT2D eigenvalue weighted by Crippen LogP contribution is -3.00. The SMILES string of the molecule is CCCCCCCCCCCCCC(=S)NCCCC[C@H](NC(=O)OCc1ccccc1)C(=O)NCCCCC[N+](CC)(CC)CC.[Br-]. The van der Waals surface area contributed by atoms with E-state index in [1.807, 2.05) is 30.3 Å². The summed E-state index contributed by atoms with van der Waals surface area (Å²) >= 11 is 5.56. The van der Waals surface area contributed by atoms with E-state index in [0.29, 0.717) is 13.0 Å². The summed E-state index contributed by atoms with van der Waals surface area (Å²) in [5.74, 6) is -0.137. The maximum absolute atomic E-state index is 13.1. The molecular formula is C39H71BrN4O3S. The van der Waals surface area contributed by atoms with E-state index in [2.05, 4.69) is 43.6 Å². The highest BCUT2D eigenvalue weighted by Crippen LogP contribution is 2.13. The van der Waals surface area contributed by atoms with E-state index in [-0.39, 0.29) is 29.5 Å². The molecule has 3 N–H and O–H groups in total. The van der Waals surface area contributed by atoms with E-state index in [1.165, 1.54) is 70.8 Å². The molecule has 0 aliphatic rings. The van der Waals surface area contributed by atoms with Gasteiger partial charge in [0.25, 0.3) is 0 Å². The summed E-state index contributed by atoms with van der Waals surface area (Å²) in [5, 5.41) is 9.28. The number of nitrogens with one attached hydrogen (secondary N) is 3. The van der Waals surface area contributed by atoms with Gasteiger partial charge in [-0.05, 0) is 77.7 Å². The van der Waals surface area contributed by atoms with Gasteiger partial charge in [0.05, 0.1) is 31.2 Å². The number of hydrogen-bond donors (Lipinski definition) is 3. The third-order valence-corrected chi connectivity index (χ3v) is 10.0. The summed E-state index contributed by atoms with van der Waals surface area (Å²) in [6.45, 7) is 15.4. The summed E-state index contributed by atoms with van der Waals surface area (Å²) in [6.07, 6.45) is 20.5. The van der Waals surface area contributed by atoms with Crippen molar-refractivity contribution >= 4 is 29.2 Å². The fourth-order valence-corrected chi connectivity index (χ4v) is 6.39. The van der Waals surface area contributed by atoms with Gasteiger partial charge < -0.3 is 42.2 Å². The van der Waals surface area contributed by atoms with Crippen LogP contribution in [-0.4, -0.2) is 66.8 Å². The Hall–Kier alpha value is -1.71. The largest absolute Gasteiger partial charge is 1.00 e. The normalized spacial score (nSPS) is 11.8. The smallest absolute Gasteiger partial charge is 0.408 e. The number of ether oxygens (including phenoxy) is 1. The summed E-state index contributed by atoms with van der Waals surface area (Å²) in [4.78, 5) is 26.7.